The van der Waals surface area contributed by atoms with Crippen molar-refractivity contribution in [3.05, 3.63) is 54.1 Å². The highest BCUT2D eigenvalue weighted by Crippen LogP contribution is 2.22. The third-order valence-corrected chi connectivity index (χ3v) is 6.57. The molecule has 0 spiro atoms. The lowest BCUT2D eigenvalue weighted by Gasteiger charge is -2.15. The van der Waals surface area contributed by atoms with Crippen molar-refractivity contribution < 1.29 is 13.2 Å². The van der Waals surface area contributed by atoms with Crippen molar-refractivity contribution in [2.24, 2.45) is 0 Å². The zero-order valence-corrected chi connectivity index (χ0v) is 16.3. The number of sulfonamides is 1. The zero-order valence-electron chi connectivity index (χ0n) is 15.4. The maximum atomic E-state index is 12.5. The van der Waals surface area contributed by atoms with Gasteiger partial charge in [0.05, 0.1) is 11.4 Å². The summed E-state index contributed by atoms with van der Waals surface area (Å²) in [6.45, 7) is 3.36. The molecule has 1 saturated heterocycles. The smallest absolute Gasteiger partial charge is 0.243 e. The van der Waals surface area contributed by atoms with E-state index >= 15 is 0 Å². The van der Waals surface area contributed by atoms with Crippen LogP contribution in [0.5, 0.6) is 0 Å². The van der Waals surface area contributed by atoms with E-state index in [2.05, 4.69) is 17.6 Å². The Kier molecular flexibility index (Phi) is 6.13. The molecule has 2 aromatic carbocycles. The first-order chi connectivity index (χ1) is 13.0. The van der Waals surface area contributed by atoms with Crippen molar-refractivity contribution in [3.63, 3.8) is 0 Å². The number of rotatable bonds is 7. The van der Waals surface area contributed by atoms with Crippen LogP contribution < -0.4 is 10.6 Å². The van der Waals surface area contributed by atoms with Gasteiger partial charge in [0.1, 0.15) is 0 Å². The van der Waals surface area contributed by atoms with Gasteiger partial charge in [0, 0.05) is 24.5 Å². The summed E-state index contributed by atoms with van der Waals surface area (Å²) in [5, 5.41) is 5.85. The number of nitrogens with one attached hydrogen (secondary N) is 2. The van der Waals surface area contributed by atoms with Crippen molar-refractivity contribution >= 4 is 27.3 Å². The highest BCUT2D eigenvalue weighted by molar-refractivity contribution is 7.89. The van der Waals surface area contributed by atoms with Gasteiger partial charge in [-0.05, 0) is 61.2 Å². The van der Waals surface area contributed by atoms with E-state index in [1.807, 2.05) is 24.3 Å². The van der Waals surface area contributed by atoms with Crippen molar-refractivity contribution in [1.82, 2.24) is 4.31 Å². The van der Waals surface area contributed by atoms with E-state index in [0.29, 0.717) is 18.8 Å². The minimum absolute atomic E-state index is 0.105. The van der Waals surface area contributed by atoms with Crippen LogP contribution in [-0.2, 0) is 21.2 Å². The van der Waals surface area contributed by atoms with Gasteiger partial charge in [-0.1, -0.05) is 19.1 Å². The minimum atomic E-state index is -3.41. The molecule has 0 saturated carbocycles. The van der Waals surface area contributed by atoms with E-state index in [1.165, 1.54) is 9.87 Å². The van der Waals surface area contributed by atoms with Crippen LogP contribution in [0, 0.1) is 0 Å². The van der Waals surface area contributed by atoms with Gasteiger partial charge < -0.3 is 10.6 Å². The Labute approximate surface area is 160 Å². The molecule has 27 heavy (non-hydrogen) atoms. The third kappa shape index (κ3) is 4.87. The van der Waals surface area contributed by atoms with Crippen LogP contribution in [0.4, 0.5) is 11.4 Å². The Bertz CT molecular complexity index is 872. The molecule has 3 rings (SSSR count). The summed E-state index contributed by atoms with van der Waals surface area (Å²) in [4.78, 5) is 12.4. The first-order valence-electron chi connectivity index (χ1n) is 9.22. The average Bonchev–Trinajstić information content (AvgIpc) is 3.23. The van der Waals surface area contributed by atoms with E-state index in [0.717, 1.165) is 24.9 Å². The van der Waals surface area contributed by atoms with Gasteiger partial charge in [-0.25, -0.2) is 8.42 Å². The average molecular weight is 388 g/mol. The van der Waals surface area contributed by atoms with Gasteiger partial charge in [0.15, 0.2) is 0 Å². The molecule has 1 amide bonds. The Balaban J connectivity index is 1.54. The van der Waals surface area contributed by atoms with Crippen LogP contribution >= 0.6 is 0 Å². The number of carbonyl (C=O) groups excluding carboxylic acids is 1. The summed E-state index contributed by atoms with van der Waals surface area (Å²) < 4.78 is 26.5. The second-order valence-corrected chi connectivity index (χ2v) is 8.53. The molecule has 0 aliphatic carbocycles. The zero-order chi connectivity index (χ0) is 19.3. The second kappa shape index (κ2) is 8.54. The normalized spacial score (nSPS) is 14.9. The number of nitrogens with zero attached hydrogens (tertiary/aromatic N) is 1. The van der Waals surface area contributed by atoms with Crippen LogP contribution in [0.3, 0.4) is 0 Å². The fourth-order valence-corrected chi connectivity index (χ4v) is 4.55. The van der Waals surface area contributed by atoms with Crippen LogP contribution in [0.15, 0.2) is 53.4 Å². The monoisotopic (exact) mass is 387 g/mol. The summed E-state index contributed by atoms with van der Waals surface area (Å²) in [5.41, 5.74) is 2.67. The molecule has 0 atom stereocenters. The van der Waals surface area contributed by atoms with Crippen molar-refractivity contribution in [2.45, 2.75) is 31.1 Å². The maximum absolute atomic E-state index is 12.5. The lowest BCUT2D eigenvalue weighted by Crippen LogP contribution is -2.27. The summed E-state index contributed by atoms with van der Waals surface area (Å²) >= 11 is 0. The molecule has 1 heterocycles. The standard InChI is InChI=1S/C20H25N3O3S/c1-2-16-5-7-18(8-6-16)22-20(24)15-21-17-9-11-19(12-10-17)27(25,26)23-13-3-4-14-23/h5-12,21H,2-4,13-15H2,1H3,(H,22,24). The van der Waals surface area contributed by atoms with Gasteiger partial charge >= 0.3 is 0 Å². The number of carbonyl (C=O) groups is 1. The quantitative estimate of drug-likeness (QED) is 0.765. The number of amides is 1. The highest BCUT2D eigenvalue weighted by Gasteiger charge is 2.26. The number of hydrogen-bond donors (Lipinski definition) is 2. The van der Waals surface area contributed by atoms with E-state index < -0.39 is 10.0 Å². The SMILES string of the molecule is CCc1ccc(NC(=O)CNc2ccc(S(=O)(=O)N3CCCC3)cc2)cc1. The number of benzene rings is 2. The summed E-state index contributed by atoms with van der Waals surface area (Å²) in [7, 11) is -3.41. The molecule has 1 aliphatic heterocycles. The molecule has 2 aromatic rings. The van der Waals surface area contributed by atoms with Crippen LogP contribution in [-0.4, -0.2) is 38.3 Å². The van der Waals surface area contributed by atoms with Crippen LogP contribution in [0.2, 0.25) is 0 Å². The fourth-order valence-electron chi connectivity index (χ4n) is 3.03. The first kappa shape index (κ1) is 19.4. The van der Waals surface area contributed by atoms with Crippen LogP contribution in [0.25, 0.3) is 0 Å². The van der Waals surface area contributed by atoms with Gasteiger partial charge in [-0.2, -0.15) is 4.31 Å². The first-order valence-corrected chi connectivity index (χ1v) is 10.7. The number of hydrogen-bond acceptors (Lipinski definition) is 4. The Morgan fingerprint density at radius 3 is 2.15 bits per heavy atom. The predicted molar refractivity (Wildman–Crippen MR) is 107 cm³/mol. The molecule has 0 aromatic heterocycles. The molecule has 2 N–H and O–H groups in total. The molecule has 6 nitrogen and oxygen atoms in total. The van der Waals surface area contributed by atoms with Crippen molar-refractivity contribution in [3.8, 4) is 0 Å². The lowest BCUT2D eigenvalue weighted by molar-refractivity contribution is -0.114. The summed E-state index contributed by atoms with van der Waals surface area (Å²) in [6, 6.07) is 14.3. The second-order valence-electron chi connectivity index (χ2n) is 6.59. The van der Waals surface area contributed by atoms with Gasteiger partial charge in [-0.3, -0.25) is 4.79 Å². The molecule has 7 heteroatoms. The predicted octanol–water partition coefficient (Wildman–Crippen LogP) is 3.08. The van der Waals surface area contributed by atoms with E-state index in [1.54, 1.807) is 24.3 Å². The topological polar surface area (TPSA) is 78.5 Å². The molecule has 1 fully saturated rings. The molecule has 0 unspecified atom stereocenters. The third-order valence-electron chi connectivity index (χ3n) is 4.66. The van der Waals surface area contributed by atoms with E-state index in [4.69, 9.17) is 0 Å². The van der Waals surface area contributed by atoms with Crippen LogP contribution in [0.1, 0.15) is 25.3 Å². The summed E-state index contributed by atoms with van der Waals surface area (Å²) in [6.07, 6.45) is 2.78. The maximum Gasteiger partial charge on any atom is 0.243 e. The fraction of sp³-hybridized carbons (Fsp3) is 0.350. The van der Waals surface area contributed by atoms with Crippen molar-refractivity contribution in [1.29, 1.82) is 0 Å². The highest BCUT2D eigenvalue weighted by atomic mass is 32.2. The number of anilines is 2. The largest absolute Gasteiger partial charge is 0.376 e. The molecule has 0 bridgehead atoms. The number of aryl methyl sites for hydroxylation is 1. The van der Waals surface area contributed by atoms with Gasteiger partial charge in [-0.15, -0.1) is 0 Å². The Morgan fingerprint density at radius 1 is 0.963 bits per heavy atom. The van der Waals surface area contributed by atoms with Crippen molar-refractivity contribution in [2.75, 3.05) is 30.3 Å². The van der Waals surface area contributed by atoms with E-state index in [-0.39, 0.29) is 17.3 Å². The molecular formula is C20H25N3O3S. The van der Waals surface area contributed by atoms with Gasteiger partial charge in [0.2, 0.25) is 15.9 Å². The molecule has 0 radical (unpaired) electrons. The Hall–Kier alpha value is -2.38. The lowest BCUT2D eigenvalue weighted by atomic mass is 10.1. The van der Waals surface area contributed by atoms with E-state index in [9.17, 15) is 13.2 Å². The molecule has 144 valence electrons. The molecule has 1 aliphatic rings. The molecular weight excluding hydrogens is 362 g/mol. The summed E-state index contributed by atoms with van der Waals surface area (Å²) in [5.74, 6) is -0.159. The Morgan fingerprint density at radius 2 is 1.56 bits per heavy atom. The van der Waals surface area contributed by atoms with Gasteiger partial charge in [0.25, 0.3) is 0 Å². The minimum Gasteiger partial charge on any atom is -0.376 e.